The van der Waals surface area contributed by atoms with Crippen molar-refractivity contribution < 1.29 is 0 Å². The molecule has 0 fully saturated rings. The summed E-state index contributed by atoms with van der Waals surface area (Å²) in [5.41, 5.74) is 0. The highest BCUT2D eigenvalue weighted by molar-refractivity contribution is 4.86. The molecule has 2 heteroatoms. The van der Waals surface area contributed by atoms with Crippen LogP contribution in [0.3, 0.4) is 0 Å². The predicted molar refractivity (Wildman–Crippen MR) is 58.6 cm³/mol. The quantitative estimate of drug-likeness (QED) is 0.342. The molecule has 0 aliphatic heterocycles. The summed E-state index contributed by atoms with van der Waals surface area (Å²) in [6.07, 6.45) is 8.25. The molecule has 74 valence electrons. The Bertz CT molecular complexity index is 158. The molecule has 0 radical (unpaired) electrons. The third-order valence-electron chi connectivity index (χ3n) is 1.76. The molecule has 0 saturated heterocycles. The van der Waals surface area contributed by atoms with Gasteiger partial charge in [0.2, 0.25) is 0 Å². The molecule has 0 amide bonds. The summed E-state index contributed by atoms with van der Waals surface area (Å²) in [7, 11) is 0. The molecule has 0 aromatic rings. The molecule has 0 spiro atoms. The first-order chi connectivity index (χ1) is 6.35. The maximum absolute atomic E-state index is 5.12. The minimum Gasteiger partial charge on any atom is -0.305 e. The van der Waals surface area contributed by atoms with Gasteiger partial charge in [0.05, 0.1) is 6.54 Å². The Balaban J connectivity index is 3.44. The molecule has 0 bridgehead atoms. The van der Waals surface area contributed by atoms with E-state index in [-0.39, 0.29) is 0 Å². The first-order valence-corrected chi connectivity index (χ1v) is 4.82. The Morgan fingerprint density at radius 2 is 2.31 bits per heavy atom. The van der Waals surface area contributed by atoms with Gasteiger partial charge < -0.3 is 5.32 Å². The van der Waals surface area contributed by atoms with Crippen LogP contribution in [0, 0.1) is 12.3 Å². The van der Waals surface area contributed by atoms with E-state index in [2.05, 4.69) is 29.6 Å². The van der Waals surface area contributed by atoms with Gasteiger partial charge in [0.25, 0.3) is 0 Å². The van der Waals surface area contributed by atoms with Crippen molar-refractivity contribution >= 4 is 0 Å². The van der Waals surface area contributed by atoms with Crippen LogP contribution in [0.4, 0.5) is 0 Å². The topological polar surface area (TPSA) is 15.3 Å². The summed E-state index contributed by atoms with van der Waals surface area (Å²) in [6, 6.07) is 0. The van der Waals surface area contributed by atoms with Crippen molar-refractivity contribution in [2.45, 2.75) is 13.3 Å². The van der Waals surface area contributed by atoms with E-state index in [1.165, 1.54) is 6.42 Å². The van der Waals surface area contributed by atoms with E-state index in [1.807, 2.05) is 6.08 Å². The maximum Gasteiger partial charge on any atom is 0.0574 e. The van der Waals surface area contributed by atoms with E-state index < -0.39 is 0 Å². The number of terminal acetylenes is 1. The maximum atomic E-state index is 5.12. The largest absolute Gasteiger partial charge is 0.305 e. The van der Waals surface area contributed by atoms with Crippen LogP contribution in [0.5, 0.6) is 0 Å². The van der Waals surface area contributed by atoms with Gasteiger partial charge in [0, 0.05) is 19.6 Å². The van der Waals surface area contributed by atoms with Crippen molar-refractivity contribution in [1.29, 1.82) is 0 Å². The van der Waals surface area contributed by atoms with E-state index in [4.69, 9.17) is 6.42 Å². The van der Waals surface area contributed by atoms with Crippen molar-refractivity contribution in [3.63, 3.8) is 0 Å². The molecule has 0 saturated carbocycles. The standard InChI is InChI=1S/C11H20N2/c1-4-7-12-8-11-13(9-5-2)10-6-3/h1,5,12H,2,6-11H2,3H3. The molecule has 0 aliphatic rings. The Morgan fingerprint density at radius 3 is 2.85 bits per heavy atom. The second-order valence-corrected chi connectivity index (χ2v) is 2.97. The van der Waals surface area contributed by atoms with Gasteiger partial charge in [-0.05, 0) is 13.0 Å². The van der Waals surface area contributed by atoms with Crippen molar-refractivity contribution in [2.24, 2.45) is 0 Å². The Kier molecular flexibility index (Phi) is 8.75. The number of nitrogens with one attached hydrogen (secondary N) is 1. The summed E-state index contributed by atoms with van der Waals surface area (Å²) in [6.45, 7) is 10.7. The van der Waals surface area contributed by atoms with Gasteiger partial charge in [-0.25, -0.2) is 0 Å². The summed E-state index contributed by atoms with van der Waals surface area (Å²) in [5.74, 6) is 2.56. The molecule has 0 aromatic heterocycles. The lowest BCUT2D eigenvalue weighted by Crippen LogP contribution is -2.33. The van der Waals surface area contributed by atoms with Gasteiger partial charge in [-0.2, -0.15) is 0 Å². The molecular weight excluding hydrogens is 160 g/mol. The minimum atomic E-state index is 0.661. The van der Waals surface area contributed by atoms with Gasteiger partial charge >= 0.3 is 0 Å². The molecule has 1 N–H and O–H groups in total. The first kappa shape index (κ1) is 12.2. The molecular formula is C11H20N2. The lowest BCUT2D eigenvalue weighted by molar-refractivity contribution is 0.303. The number of rotatable bonds is 8. The zero-order valence-corrected chi connectivity index (χ0v) is 8.55. The van der Waals surface area contributed by atoms with Crippen molar-refractivity contribution in [2.75, 3.05) is 32.7 Å². The van der Waals surface area contributed by atoms with Crippen LogP contribution in [-0.2, 0) is 0 Å². The van der Waals surface area contributed by atoms with Crippen LogP contribution in [0.25, 0.3) is 0 Å². The summed E-state index contributed by atoms with van der Waals surface area (Å²) in [5, 5.41) is 3.17. The van der Waals surface area contributed by atoms with Crippen LogP contribution in [0.2, 0.25) is 0 Å². The Labute approximate surface area is 82.0 Å². The molecule has 0 rings (SSSR count). The first-order valence-electron chi connectivity index (χ1n) is 4.82. The average Bonchev–Trinajstić information content (AvgIpc) is 2.13. The lowest BCUT2D eigenvalue weighted by atomic mass is 10.4. The molecule has 0 aliphatic carbocycles. The fourth-order valence-corrected chi connectivity index (χ4v) is 1.19. The van der Waals surface area contributed by atoms with Crippen molar-refractivity contribution in [3.8, 4) is 12.3 Å². The SMILES string of the molecule is C#CCNCCN(CC=C)CCC. The van der Waals surface area contributed by atoms with E-state index in [9.17, 15) is 0 Å². The second kappa shape index (κ2) is 9.31. The van der Waals surface area contributed by atoms with Gasteiger partial charge in [-0.3, -0.25) is 4.90 Å². The van der Waals surface area contributed by atoms with Gasteiger partial charge in [-0.1, -0.05) is 18.9 Å². The van der Waals surface area contributed by atoms with Gasteiger partial charge in [0.15, 0.2) is 0 Å². The highest BCUT2D eigenvalue weighted by atomic mass is 15.1. The molecule has 0 atom stereocenters. The summed E-state index contributed by atoms with van der Waals surface area (Å²) < 4.78 is 0. The molecule has 0 heterocycles. The highest BCUT2D eigenvalue weighted by Crippen LogP contribution is 1.89. The summed E-state index contributed by atoms with van der Waals surface area (Å²) >= 11 is 0. The normalized spacial score (nSPS) is 9.92. The van der Waals surface area contributed by atoms with Crippen LogP contribution in [0.1, 0.15) is 13.3 Å². The minimum absolute atomic E-state index is 0.661. The average molecular weight is 180 g/mol. The van der Waals surface area contributed by atoms with E-state index >= 15 is 0 Å². The van der Waals surface area contributed by atoms with E-state index in [0.717, 1.165) is 26.2 Å². The molecule has 13 heavy (non-hydrogen) atoms. The third kappa shape index (κ3) is 7.58. The monoisotopic (exact) mass is 180 g/mol. The molecule has 0 unspecified atom stereocenters. The van der Waals surface area contributed by atoms with Gasteiger partial charge in [0.1, 0.15) is 0 Å². The van der Waals surface area contributed by atoms with E-state index in [1.54, 1.807) is 0 Å². The number of nitrogens with zero attached hydrogens (tertiary/aromatic N) is 1. The summed E-state index contributed by atoms with van der Waals surface area (Å²) in [4.78, 5) is 2.36. The van der Waals surface area contributed by atoms with Gasteiger partial charge in [-0.15, -0.1) is 13.0 Å². The lowest BCUT2D eigenvalue weighted by Gasteiger charge is -2.19. The van der Waals surface area contributed by atoms with Crippen LogP contribution in [0.15, 0.2) is 12.7 Å². The Morgan fingerprint density at radius 1 is 1.54 bits per heavy atom. The highest BCUT2D eigenvalue weighted by Gasteiger charge is 1.99. The van der Waals surface area contributed by atoms with Crippen molar-refractivity contribution in [3.05, 3.63) is 12.7 Å². The zero-order chi connectivity index (χ0) is 9.94. The third-order valence-corrected chi connectivity index (χ3v) is 1.76. The van der Waals surface area contributed by atoms with Crippen LogP contribution >= 0.6 is 0 Å². The van der Waals surface area contributed by atoms with Crippen LogP contribution in [-0.4, -0.2) is 37.6 Å². The number of hydrogen-bond donors (Lipinski definition) is 1. The fourth-order valence-electron chi connectivity index (χ4n) is 1.19. The second-order valence-electron chi connectivity index (χ2n) is 2.97. The van der Waals surface area contributed by atoms with Crippen molar-refractivity contribution in [1.82, 2.24) is 10.2 Å². The number of hydrogen-bond acceptors (Lipinski definition) is 2. The Hall–Kier alpha value is -0.780. The molecule has 0 aromatic carbocycles. The zero-order valence-electron chi connectivity index (χ0n) is 8.55. The van der Waals surface area contributed by atoms with Crippen LogP contribution < -0.4 is 5.32 Å². The van der Waals surface area contributed by atoms with E-state index in [0.29, 0.717) is 6.54 Å². The molecule has 2 nitrogen and oxygen atoms in total. The fraction of sp³-hybridized carbons (Fsp3) is 0.636. The smallest absolute Gasteiger partial charge is 0.0574 e. The predicted octanol–water partition coefficient (Wildman–Crippen LogP) is 1.11.